The van der Waals surface area contributed by atoms with Crippen molar-refractivity contribution in [3.63, 3.8) is 0 Å². The molecule has 0 radical (unpaired) electrons. The molecule has 0 bridgehead atoms. The van der Waals surface area contributed by atoms with Crippen LogP contribution >= 0.6 is 0 Å². The van der Waals surface area contributed by atoms with Crippen LogP contribution in [0.2, 0.25) is 0 Å². The van der Waals surface area contributed by atoms with Gasteiger partial charge in [-0.15, -0.1) is 0 Å². The summed E-state index contributed by atoms with van der Waals surface area (Å²) >= 11 is 0. The molecule has 3 aliphatic rings. The number of piperidine rings is 1. The minimum atomic E-state index is -0.366. The first kappa shape index (κ1) is 22.9. The molecule has 3 heterocycles. The number of hydrogen-bond acceptors (Lipinski definition) is 2. The van der Waals surface area contributed by atoms with E-state index in [2.05, 4.69) is 63.9 Å². The van der Waals surface area contributed by atoms with Crippen molar-refractivity contribution < 1.29 is 37.9 Å². The Labute approximate surface area is 194 Å². The van der Waals surface area contributed by atoms with Gasteiger partial charge in [0.15, 0.2) is 0 Å². The first-order chi connectivity index (χ1) is 13.4. The lowest BCUT2D eigenvalue weighted by molar-refractivity contribution is -0.907. The molecule has 29 heavy (non-hydrogen) atoms. The van der Waals surface area contributed by atoms with Gasteiger partial charge in [-0.3, -0.25) is 0 Å². The van der Waals surface area contributed by atoms with E-state index in [9.17, 15) is 0 Å². The number of benzene rings is 1. The van der Waals surface area contributed by atoms with Crippen LogP contribution in [-0.2, 0) is 4.74 Å². The summed E-state index contributed by atoms with van der Waals surface area (Å²) in [5.74, 6) is 8.44. The average Bonchev–Trinajstić information content (AvgIpc) is 2.68. The molecule has 160 valence electrons. The lowest BCUT2D eigenvalue weighted by atomic mass is 9.71. The van der Waals surface area contributed by atoms with E-state index in [1.807, 2.05) is 0 Å². The molecule has 1 aromatic carbocycles. The van der Waals surface area contributed by atoms with Crippen LogP contribution in [0.5, 0.6) is 5.75 Å². The molecule has 4 rings (SSSR count). The summed E-state index contributed by atoms with van der Waals surface area (Å²) in [4.78, 5) is 0. The van der Waals surface area contributed by atoms with E-state index in [0.717, 1.165) is 36.0 Å². The standard InChI is InChI=1S/C25H36NO2.HI/c1-5-25(3)21-14-16-24(2,15-11-19-26(4)17-9-6-10-18-26)28-23(21)20-12-7-8-13-22(20)27-25;/h7-8,12-13,21,23H,5-6,9-10,14,16-19H2,1-4H3;1H/q+1;/p-1. The first-order valence-electron chi connectivity index (χ1n) is 11.2. The highest BCUT2D eigenvalue weighted by molar-refractivity contribution is 5.39. The molecule has 0 saturated carbocycles. The van der Waals surface area contributed by atoms with Gasteiger partial charge >= 0.3 is 0 Å². The molecule has 4 unspecified atom stereocenters. The number of quaternary nitrogens is 1. The van der Waals surface area contributed by atoms with Crippen molar-refractivity contribution in [3.05, 3.63) is 29.8 Å². The summed E-state index contributed by atoms with van der Waals surface area (Å²) in [7, 11) is 2.36. The van der Waals surface area contributed by atoms with E-state index in [4.69, 9.17) is 9.47 Å². The van der Waals surface area contributed by atoms with Gasteiger partial charge in [0.05, 0.1) is 26.2 Å². The highest BCUT2D eigenvalue weighted by atomic mass is 127. The molecule has 1 aromatic rings. The van der Waals surface area contributed by atoms with Crippen LogP contribution in [0.3, 0.4) is 0 Å². The Bertz CT molecular complexity index is 779. The van der Waals surface area contributed by atoms with Crippen molar-refractivity contribution in [2.75, 3.05) is 26.7 Å². The summed E-state index contributed by atoms with van der Waals surface area (Å²) < 4.78 is 14.3. The Kier molecular flexibility index (Phi) is 6.92. The van der Waals surface area contributed by atoms with E-state index >= 15 is 0 Å². The van der Waals surface area contributed by atoms with Crippen molar-refractivity contribution in [2.45, 2.75) is 76.6 Å². The van der Waals surface area contributed by atoms with Crippen LogP contribution in [0, 0.1) is 17.8 Å². The molecular weight excluding hydrogens is 473 g/mol. The topological polar surface area (TPSA) is 18.5 Å². The van der Waals surface area contributed by atoms with Gasteiger partial charge in [0.1, 0.15) is 23.5 Å². The molecular formula is C25H36INO2. The smallest absolute Gasteiger partial charge is 0.140 e. The maximum atomic E-state index is 6.76. The summed E-state index contributed by atoms with van der Waals surface area (Å²) in [6.45, 7) is 10.1. The van der Waals surface area contributed by atoms with E-state index in [1.54, 1.807) is 0 Å². The van der Waals surface area contributed by atoms with Crippen molar-refractivity contribution in [1.82, 2.24) is 0 Å². The van der Waals surface area contributed by atoms with Crippen LogP contribution in [0.1, 0.15) is 71.0 Å². The minimum absolute atomic E-state index is 0. The number of fused-ring (bicyclic) bond motifs is 3. The van der Waals surface area contributed by atoms with Gasteiger partial charge in [0.25, 0.3) is 0 Å². The fraction of sp³-hybridized carbons (Fsp3) is 0.680. The normalized spacial score (nSPS) is 35.0. The third-order valence-electron chi connectivity index (χ3n) is 7.45. The predicted molar refractivity (Wildman–Crippen MR) is 113 cm³/mol. The predicted octanol–water partition coefficient (Wildman–Crippen LogP) is 2.11. The SMILES string of the molecule is CCC1(C)Oc2ccccc2C2OC(C)(C#CC[N+]3(C)CCCCC3)CCC21.[I-]. The van der Waals surface area contributed by atoms with E-state index in [1.165, 1.54) is 37.9 Å². The van der Waals surface area contributed by atoms with Crippen LogP contribution < -0.4 is 28.7 Å². The molecule has 4 heteroatoms. The highest BCUT2D eigenvalue weighted by Crippen LogP contribution is 2.53. The number of ether oxygens (including phenoxy) is 2. The highest BCUT2D eigenvalue weighted by Gasteiger charge is 2.51. The van der Waals surface area contributed by atoms with Crippen molar-refractivity contribution in [2.24, 2.45) is 5.92 Å². The fourth-order valence-corrected chi connectivity index (χ4v) is 5.32. The van der Waals surface area contributed by atoms with Gasteiger partial charge in [0.2, 0.25) is 0 Å². The second-order valence-electron chi connectivity index (χ2n) is 9.81. The Morgan fingerprint density at radius 2 is 1.86 bits per heavy atom. The van der Waals surface area contributed by atoms with Crippen molar-refractivity contribution >= 4 is 0 Å². The summed E-state index contributed by atoms with van der Waals surface area (Å²) in [6, 6.07) is 8.40. The van der Waals surface area contributed by atoms with Crippen LogP contribution in [0.4, 0.5) is 0 Å². The Morgan fingerprint density at radius 3 is 2.59 bits per heavy atom. The molecule has 0 amide bonds. The molecule has 2 saturated heterocycles. The Balaban J connectivity index is 0.00000240. The zero-order valence-corrected chi connectivity index (χ0v) is 20.6. The molecule has 2 fully saturated rings. The zero-order chi connectivity index (χ0) is 19.8. The third-order valence-corrected chi connectivity index (χ3v) is 7.45. The van der Waals surface area contributed by atoms with E-state index < -0.39 is 0 Å². The number of hydrogen-bond donors (Lipinski definition) is 0. The van der Waals surface area contributed by atoms with Gasteiger partial charge in [-0.1, -0.05) is 31.0 Å². The summed E-state index contributed by atoms with van der Waals surface area (Å²) in [5, 5.41) is 0. The largest absolute Gasteiger partial charge is 1.00 e. The lowest BCUT2D eigenvalue weighted by Gasteiger charge is -2.51. The lowest BCUT2D eigenvalue weighted by Crippen LogP contribution is -3.00. The Morgan fingerprint density at radius 1 is 1.14 bits per heavy atom. The number of rotatable bonds is 2. The Hall–Kier alpha value is -0.770. The maximum Gasteiger partial charge on any atom is 0.140 e. The van der Waals surface area contributed by atoms with Gasteiger partial charge in [-0.2, -0.15) is 0 Å². The summed E-state index contributed by atoms with van der Waals surface area (Å²) in [5.41, 5.74) is 0.663. The molecule has 0 aliphatic carbocycles. The third kappa shape index (κ3) is 4.62. The maximum absolute atomic E-state index is 6.76. The second kappa shape index (κ2) is 8.77. The fourth-order valence-electron chi connectivity index (χ4n) is 5.32. The van der Waals surface area contributed by atoms with Gasteiger partial charge in [-0.05, 0) is 64.4 Å². The molecule has 0 aromatic heterocycles. The molecule has 3 aliphatic heterocycles. The first-order valence-corrected chi connectivity index (χ1v) is 11.2. The summed E-state index contributed by atoms with van der Waals surface area (Å²) in [6.07, 6.45) is 7.19. The molecule has 0 N–H and O–H groups in total. The number of likely N-dealkylation sites (tertiary alicyclic amines) is 1. The quantitative estimate of drug-likeness (QED) is 0.346. The monoisotopic (exact) mass is 509 g/mol. The molecule has 0 spiro atoms. The van der Waals surface area contributed by atoms with E-state index in [0.29, 0.717) is 5.92 Å². The molecule has 4 atom stereocenters. The molecule has 3 nitrogen and oxygen atoms in total. The average molecular weight is 509 g/mol. The van der Waals surface area contributed by atoms with Crippen LogP contribution in [0.25, 0.3) is 0 Å². The van der Waals surface area contributed by atoms with Crippen molar-refractivity contribution in [3.8, 4) is 17.6 Å². The number of para-hydroxylation sites is 1. The van der Waals surface area contributed by atoms with E-state index in [-0.39, 0.29) is 41.3 Å². The number of halogens is 1. The van der Waals surface area contributed by atoms with Crippen LogP contribution in [0.15, 0.2) is 24.3 Å². The van der Waals surface area contributed by atoms with Gasteiger partial charge < -0.3 is 37.9 Å². The minimum Gasteiger partial charge on any atom is -1.00 e. The van der Waals surface area contributed by atoms with Crippen molar-refractivity contribution in [1.29, 1.82) is 0 Å². The number of nitrogens with zero attached hydrogens (tertiary/aromatic N) is 1. The van der Waals surface area contributed by atoms with Crippen LogP contribution in [-0.4, -0.2) is 42.4 Å². The zero-order valence-electron chi connectivity index (χ0n) is 18.5. The van der Waals surface area contributed by atoms with Gasteiger partial charge in [-0.25, -0.2) is 0 Å². The second-order valence-corrected chi connectivity index (χ2v) is 9.81. The van der Waals surface area contributed by atoms with Gasteiger partial charge in [0, 0.05) is 11.5 Å².